The number of rotatable bonds is 2. The standard InChI is InChI=1S/C12H16O6/c1-5-9-6(2)11(16-7(3)13)10(15)12(18-9)17-8(4)14/h1,6,9-12,15H,2-4H3/t6-,9+,10+,11-,12?/m1/s1. The number of ether oxygens (including phenoxy) is 3. The van der Waals surface area contributed by atoms with Crippen molar-refractivity contribution in [1.29, 1.82) is 0 Å². The molecule has 100 valence electrons. The first kappa shape index (κ1) is 14.5. The van der Waals surface area contributed by atoms with Gasteiger partial charge in [-0.05, 0) is 0 Å². The van der Waals surface area contributed by atoms with Crippen LogP contribution >= 0.6 is 0 Å². The van der Waals surface area contributed by atoms with Gasteiger partial charge in [0.2, 0.25) is 6.29 Å². The monoisotopic (exact) mass is 256 g/mol. The van der Waals surface area contributed by atoms with Gasteiger partial charge in [-0.15, -0.1) is 6.42 Å². The quantitative estimate of drug-likeness (QED) is 0.546. The molecule has 1 N–H and O–H groups in total. The lowest BCUT2D eigenvalue weighted by Gasteiger charge is -2.40. The van der Waals surface area contributed by atoms with Crippen LogP contribution in [0.4, 0.5) is 0 Å². The maximum absolute atomic E-state index is 11.0. The predicted octanol–water partition coefficient (Wildman–Crippen LogP) is -0.164. The summed E-state index contributed by atoms with van der Waals surface area (Å²) in [4.78, 5) is 21.9. The zero-order chi connectivity index (χ0) is 13.9. The molecule has 0 aromatic heterocycles. The first-order valence-corrected chi connectivity index (χ1v) is 5.51. The number of aliphatic hydroxyl groups is 1. The van der Waals surface area contributed by atoms with E-state index in [2.05, 4.69) is 5.92 Å². The molecule has 0 saturated carbocycles. The third-order valence-corrected chi connectivity index (χ3v) is 2.64. The number of esters is 2. The minimum Gasteiger partial charge on any atom is -0.459 e. The van der Waals surface area contributed by atoms with Gasteiger partial charge in [-0.3, -0.25) is 9.59 Å². The van der Waals surface area contributed by atoms with Gasteiger partial charge in [0.25, 0.3) is 0 Å². The van der Waals surface area contributed by atoms with Crippen molar-refractivity contribution in [1.82, 2.24) is 0 Å². The summed E-state index contributed by atoms with van der Waals surface area (Å²) in [7, 11) is 0. The maximum Gasteiger partial charge on any atom is 0.305 e. The highest BCUT2D eigenvalue weighted by molar-refractivity contribution is 5.66. The van der Waals surface area contributed by atoms with Gasteiger partial charge in [0, 0.05) is 19.8 Å². The fraction of sp³-hybridized carbons (Fsp3) is 0.667. The van der Waals surface area contributed by atoms with E-state index in [1.807, 2.05) is 0 Å². The molecule has 1 unspecified atom stereocenters. The Morgan fingerprint density at radius 2 is 1.83 bits per heavy atom. The van der Waals surface area contributed by atoms with Crippen LogP contribution in [0.1, 0.15) is 20.8 Å². The van der Waals surface area contributed by atoms with Crippen LogP contribution in [-0.4, -0.2) is 41.6 Å². The Hall–Kier alpha value is -1.58. The van der Waals surface area contributed by atoms with E-state index in [9.17, 15) is 14.7 Å². The second-order valence-electron chi connectivity index (χ2n) is 4.12. The molecule has 0 aromatic carbocycles. The molecule has 0 amide bonds. The van der Waals surface area contributed by atoms with E-state index >= 15 is 0 Å². The van der Waals surface area contributed by atoms with Crippen LogP contribution in [0.3, 0.4) is 0 Å². The van der Waals surface area contributed by atoms with Crippen LogP contribution in [0, 0.1) is 18.3 Å². The van der Waals surface area contributed by atoms with E-state index in [1.165, 1.54) is 13.8 Å². The molecule has 1 fully saturated rings. The zero-order valence-corrected chi connectivity index (χ0v) is 10.5. The van der Waals surface area contributed by atoms with Crippen LogP contribution in [-0.2, 0) is 23.8 Å². The molecule has 1 saturated heterocycles. The van der Waals surface area contributed by atoms with E-state index in [0.717, 1.165) is 0 Å². The third-order valence-electron chi connectivity index (χ3n) is 2.64. The zero-order valence-electron chi connectivity index (χ0n) is 10.5. The SMILES string of the molecule is C#C[C@@H]1OC(OC(C)=O)[C@@H](O)[C@H](OC(C)=O)[C@@H]1C. The topological polar surface area (TPSA) is 82.1 Å². The summed E-state index contributed by atoms with van der Waals surface area (Å²) in [5, 5.41) is 9.96. The van der Waals surface area contributed by atoms with E-state index < -0.39 is 42.5 Å². The first-order valence-electron chi connectivity index (χ1n) is 5.51. The summed E-state index contributed by atoms with van der Waals surface area (Å²) in [6, 6.07) is 0. The molecule has 0 aliphatic carbocycles. The summed E-state index contributed by atoms with van der Waals surface area (Å²) in [5.74, 6) is 0.792. The second-order valence-corrected chi connectivity index (χ2v) is 4.12. The van der Waals surface area contributed by atoms with Gasteiger partial charge in [-0.1, -0.05) is 12.8 Å². The van der Waals surface area contributed by atoms with E-state index in [4.69, 9.17) is 20.6 Å². The van der Waals surface area contributed by atoms with Gasteiger partial charge in [0.15, 0.2) is 6.10 Å². The van der Waals surface area contributed by atoms with Gasteiger partial charge in [0.05, 0.1) is 0 Å². The summed E-state index contributed by atoms with van der Waals surface area (Å²) in [6.45, 7) is 4.09. The van der Waals surface area contributed by atoms with Crippen molar-refractivity contribution in [2.24, 2.45) is 5.92 Å². The number of hydrogen-bond donors (Lipinski definition) is 1. The minimum atomic E-state index is -1.27. The molecule has 1 aliphatic heterocycles. The molecule has 6 heteroatoms. The Labute approximate surface area is 105 Å². The fourth-order valence-electron chi connectivity index (χ4n) is 1.81. The Morgan fingerprint density at radius 3 is 2.28 bits per heavy atom. The number of carbonyl (C=O) groups excluding carboxylic acids is 2. The molecule has 6 nitrogen and oxygen atoms in total. The summed E-state index contributed by atoms with van der Waals surface area (Å²) in [6.07, 6.45) is 1.21. The molecule has 1 rings (SSSR count). The van der Waals surface area contributed by atoms with Crippen LogP contribution in [0.25, 0.3) is 0 Å². The average molecular weight is 256 g/mol. The normalized spacial score (nSPS) is 35.4. The molecular weight excluding hydrogens is 240 g/mol. The number of aliphatic hydroxyl groups excluding tert-OH is 1. The summed E-state index contributed by atoms with van der Waals surface area (Å²) < 4.78 is 15.1. The Balaban J connectivity index is 2.88. The highest BCUT2D eigenvalue weighted by atomic mass is 16.7. The molecule has 1 heterocycles. The van der Waals surface area contributed by atoms with E-state index in [-0.39, 0.29) is 0 Å². The van der Waals surface area contributed by atoms with Crippen LogP contribution < -0.4 is 0 Å². The van der Waals surface area contributed by atoms with Crippen molar-refractivity contribution in [2.75, 3.05) is 0 Å². The maximum atomic E-state index is 11.0. The smallest absolute Gasteiger partial charge is 0.305 e. The lowest BCUT2D eigenvalue weighted by molar-refractivity contribution is -0.267. The number of hydrogen-bond acceptors (Lipinski definition) is 6. The Bertz CT molecular complexity index is 371. The first-order chi connectivity index (χ1) is 8.36. The van der Waals surface area contributed by atoms with Crippen LogP contribution in [0.2, 0.25) is 0 Å². The lowest BCUT2D eigenvalue weighted by atomic mass is 9.91. The predicted molar refractivity (Wildman–Crippen MR) is 60.0 cm³/mol. The van der Waals surface area contributed by atoms with Crippen molar-refractivity contribution in [3.8, 4) is 12.3 Å². The second kappa shape index (κ2) is 5.85. The van der Waals surface area contributed by atoms with Crippen molar-refractivity contribution >= 4 is 11.9 Å². The Morgan fingerprint density at radius 1 is 1.28 bits per heavy atom. The third kappa shape index (κ3) is 3.22. The van der Waals surface area contributed by atoms with Crippen LogP contribution in [0.15, 0.2) is 0 Å². The molecule has 5 atom stereocenters. The van der Waals surface area contributed by atoms with Crippen molar-refractivity contribution in [3.63, 3.8) is 0 Å². The highest BCUT2D eigenvalue weighted by Gasteiger charge is 2.46. The van der Waals surface area contributed by atoms with Gasteiger partial charge >= 0.3 is 11.9 Å². The van der Waals surface area contributed by atoms with Gasteiger partial charge in [-0.2, -0.15) is 0 Å². The van der Waals surface area contributed by atoms with Crippen LogP contribution in [0.5, 0.6) is 0 Å². The number of carbonyl (C=O) groups is 2. The number of terminal acetylenes is 1. The molecule has 0 aromatic rings. The van der Waals surface area contributed by atoms with E-state index in [1.54, 1.807) is 6.92 Å². The van der Waals surface area contributed by atoms with Gasteiger partial charge in [-0.25, -0.2) is 0 Å². The molecule has 0 radical (unpaired) electrons. The highest BCUT2D eigenvalue weighted by Crippen LogP contribution is 2.28. The molecule has 18 heavy (non-hydrogen) atoms. The minimum absolute atomic E-state index is 0.402. The molecule has 1 aliphatic rings. The lowest BCUT2D eigenvalue weighted by Crippen LogP contribution is -2.55. The fourth-order valence-corrected chi connectivity index (χ4v) is 1.81. The largest absolute Gasteiger partial charge is 0.459 e. The van der Waals surface area contributed by atoms with Gasteiger partial charge in [0.1, 0.15) is 12.2 Å². The summed E-state index contributed by atoms with van der Waals surface area (Å²) in [5.41, 5.74) is 0. The van der Waals surface area contributed by atoms with Crippen molar-refractivity contribution < 1.29 is 28.9 Å². The molecule has 0 spiro atoms. The molecule has 0 bridgehead atoms. The average Bonchev–Trinajstić information content (AvgIpc) is 2.27. The Kier molecular flexibility index (Phi) is 4.70. The van der Waals surface area contributed by atoms with Crippen molar-refractivity contribution in [2.45, 2.75) is 45.4 Å². The van der Waals surface area contributed by atoms with Crippen molar-refractivity contribution in [3.05, 3.63) is 0 Å². The molecular formula is C12H16O6. The summed E-state index contributed by atoms with van der Waals surface area (Å²) >= 11 is 0. The van der Waals surface area contributed by atoms with E-state index in [0.29, 0.717) is 0 Å². The van der Waals surface area contributed by atoms with Gasteiger partial charge < -0.3 is 19.3 Å².